The molecule has 0 bridgehead atoms. The summed E-state index contributed by atoms with van der Waals surface area (Å²) in [6.07, 6.45) is 7.66. The first-order valence-corrected chi connectivity index (χ1v) is 6.76. The Balaban J connectivity index is 2.44. The van der Waals surface area contributed by atoms with E-state index in [4.69, 9.17) is 0 Å². The largest absolute Gasteiger partial charge is 0.144 e. The first-order valence-electron chi connectivity index (χ1n) is 5.15. The van der Waals surface area contributed by atoms with Crippen molar-refractivity contribution >= 4 is 32.8 Å². The average Bonchev–Trinajstić information content (AvgIpc) is 2.43. The zero-order chi connectivity index (χ0) is 10.1. The molecule has 14 heavy (non-hydrogen) atoms. The van der Waals surface area contributed by atoms with E-state index in [9.17, 15) is 0 Å². The molecule has 0 saturated carbocycles. The molecule has 0 amide bonds. The first-order chi connectivity index (χ1) is 6.70. The molecule has 1 aromatic heterocycles. The van der Waals surface area contributed by atoms with Crippen LogP contribution in [0.2, 0.25) is 0 Å². The van der Waals surface area contributed by atoms with Crippen molar-refractivity contribution in [3.05, 3.63) is 25.9 Å². The van der Waals surface area contributed by atoms with Crippen LogP contribution in [0, 0.1) is 13.8 Å². The zero-order valence-corrected chi connectivity index (χ0v) is 11.1. The Kier molecular flexibility index (Phi) is 3.13. The van der Waals surface area contributed by atoms with Crippen molar-refractivity contribution in [2.45, 2.75) is 39.5 Å². The number of aryl methyl sites for hydroxylation is 2. The van der Waals surface area contributed by atoms with E-state index in [-0.39, 0.29) is 0 Å². The lowest BCUT2D eigenvalue weighted by Crippen LogP contribution is -1.92. The summed E-state index contributed by atoms with van der Waals surface area (Å²) in [5.41, 5.74) is 3.04. The Hall–Kier alpha value is -0.0800. The summed E-state index contributed by atoms with van der Waals surface area (Å²) in [4.78, 5) is 2.87. The minimum Gasteiger partial charge on any atom is -0.144 e. The van der Waals surface area contributed by atoms with Crippen molar-refractivity contribution in [3.63, 3.8) is 0 Å². The Morgan fingerprint density at radius 1 is 1.21 bits per heavy atom. The number of allylic oxidation sites excluding steroid dienone is 2. The van der Waals surface area contributed by atoms with Crippen molar-refractivity contribution in [1.82, 2.24) is 0 Å². The molecule has 0 N–H and O–H groups in total. The van der Waals surface area contributed by atoms with Crippen molar-refractivity contribution in [3.8, 4) is 0 Å². The second kappa shape index (κ2) is 4.19. The molecule has 0 saturated heterocycles. The molecule has 2 rings (SSSR count). The third-order valence-corrected chi connectivity index (χ3v) is 5.07. The van der Waals surface area contributed by atoms with Crippen LogP contribution in [0.15, 0.2) is 10.5 Å². The molecule has 1 aromatic rings. The van der Waals surface area contributed by atoms with Crippen LogP contribution in [0.3, 0.4) is 0 Å². The van der Waals surface area contributed by atoms with E-state index >= 15 is 0 Å². The van der Waals surface area contributed by atoms with E-state index < -0.39 is 0 Å². The third-order valence-electron chi connectivity index (χ3n) is 2.80. The van der Waals surface area contributed by atoms with Crippen molar-refractivity contribution in [2.24, 2.45) is 0 Å². The van der Waals surface area contributed by atoms with E-state index in [0.717, 1.165) is 0 Å². The second-order valence-electron chi connectivity index (χ2n) is 3.88. The highest BCUT2D eigenvalue weighted by molar-refractivity contribution is 9.10. The van der Waals surface area contributed by atoms with Crippen LogP contribution < -0.4 is 0 Å². The van der Waals surface area contributed by atoms with Gasteiger partial charge in [-0.3, -0.25) is 0 Å². The maximum Gasteiger partial charge on any atom is 0.0389 e. The molecule has 0 aliphatic heterocycles. The van der Waals surface area contributed by atoms with Gasteiger partial charge in [0.05, 0.1) is 0 Å². The monoisotopic (exact) mass is 270 g/mol. The zero-order valence-electron chi connectivity index (χ0n) is 8.69. The molecule has 0 unspecified atom stereocenters. The topological polar surface area (TPSA) is 0 Å². The summed E-state index contributed by atoms with van der Waals surface area (Å²) in [5, 5.41) is 0. The normalized spacial score (nSPS) is 16.9. The molecule has 0 atom stereocenters. The molecular weight excluding hydrogens is 256 g/mol. The van der Waals surface area contributed by atoms with Gasteiger partial charge in [0, 0.05) is 19.8 Å². The lowest BCUT2D eigenvalue weighted by molar-refractivity contribution is 0.741. The Morgan fingerprint density at radius 2 is 2.00 bits per heavy atom. The number of hydrogen-bond acceptors (Lipinski definition) is 1. The minimum atomic E-state index is 1.26. The lowest BCUT2D eigenvalue weighted by atomic mass is 9.94. The highest BCUT2D eigenvalue weighted by Crippen LogP contribution is 2.39. The Labute approximate surface area is 98.2 Å². The quantitative estimate of drug-likeness (QED) is 0.667. The molecule has 0 fully saturated rings. The molecule has 1 heterocycles. The summed E-state index contributed by atoms with van der Waals surface area (Å²) in [5.74, 6) is 0. The van der Waals surface area contributed by atoms with Crippen LogP contribution in [0.5, 0.6) is 0 Å². The highest BCUT2D eigenvalue weighted by Gasteiger charge is 2.15. The summed E-state index contributed by atoms with van der Waals surface area (Å²) in [7, 11) is 0. The van der Waals surface area contributed by atoms with Crippen LogP contribution in [0.4, 0.5) is 0 Å². The van der Waals surface area contributed by atoms with Crippen LogP contribution >= 0.6 is 27.3 Å². The number of thiophene rings is 1. The van der Waals surface area contributed by atoms with E-state index in [1.165, 1.54) is 45.5 Å². The predicted octanol–water partition coefficient (Wildman–Crippen LogP) is 5.08. The molecule has 0 spiro atoms. The van der Waals surface area contributed by atoms with Gasteiger partial charge < -0.3 is 0 Å². The second-order valence-corrected chi connectivity index (χ2v) is 6.10. The summed E-state index contributed by atoms with van der Waals surface area (Å²) in [6.45, 7) is 4.42. The standard InChI is InChI=1S/C12H15BrS/c1-8-11(12(13)9(2)14-8)10-6-4-3-5-7-10/h6H,3-5,7H2,1-2H3. The molecular formula is C12H15BrS. The lowest BCUT2D eigenvalue weighted by Gasteiger charge is -2.13. The molecule has 2 heteroatoms. The van der Waals surface area contributed by atoms with Gasteiger partial charge in [0.15, 0.2) is 0 Å². The SMILES string of the molecule is Cc1sc(C)c(C2=CCCCC2)c1Br. The number of halogens is 1. The van der Waals surface area contributed by atoms with Gasteiger partial charge >= 0.3 is 0 Å². The van der Waals surface area contributed by atoms with E-state index in [0.29, 0.717) is 0 Å². The average molecular weight is 271 g/mol. The summed E-state index contributed by atoms with van der Waals surface area (Å²) >= 11 is 5.61. The minimum absolute atomic E-state index is 1.26. The number of hydrogen-bond donors (Lipinski definition) is 0. The van der Waals surface area contributed by atoms with Crippen molar-refractivity contribution < 1.29 is 0 Å². The van der Waals surface area contributed by atoms with Gasteiger partial charge in [-0.05, 0) is 61.0 Å². The summed E-state index contributed by atoms with van der Waals surface area (Å²) in [6, 6.07) is 0. The highest BCUT2D eigenvalue weighted by atomic mass is 79.9. The predicted molar refractivity (Wildman–Crippen MR) is 67.9 cm³/mol. The smallest absolute Gasteiger partial charge is 0.0389 e. The fraction of sp³-hybridized carbons (Fsp3) is 0.500. The van der Waals surface area contributed by atoms with Crippen LogP contribution in [-0.2, 0) is 0 Å². The Morgan fingerprint density at radius 3 is 2.50 bits per heavy atom. The van der Waals surface area contributed by atoms with E-state index in [1.54, 1.807) is 5.57 Å². The van der Waals surface area contributed by atoms with Crippen LogP contribution in [0.25, 0.3) is 5.57 Å². The van der Waals surface area contributed by atoms with Crippen LogP contribution in [-0.4, -0.2) is 0 Å². The molecule has 0 nitrogen and oxygen atoms in total. The van der Waals surface area contributed by atoms with Gasteiger partial charge in [-0.15, -0.1) is 11.3 Å². The van der Waals surface area contributed by atoms with E-state index in [2.05, 4.69) is 35.9 Å². The summed E-state index contributed by atoms with van der Waals surface area (Å²) < 4.78 is 1.33. The van der Waals surface area contributed by atoms with Gasteiger partial charge in [0.2, 0.25) is 0 Å². The third kappa shape index (κ3) is 1.82. The maximum absolute atomic E-state index is 3.71. The molecule has 1 aliphatic carbocycles. The fourth-order valence-corrected chi connectivity index (χ4v) is 4.00. The number of rotatable bonds is 1. The first kappa shape index (κ1) is 10.4. The van der Waals surface area contributed by atoms with E-state index in [1.807, 2.05) is 11.3 Å². The van der Waals surface area contributed by atoms with Gasteiger partial charge in [-0.25, -0.2) is 0 Å². The van der Waals surface area contributed by atoms with Gasteiger partial charge in [-0.2, -0.15) is 0 Å². The molecule has 0 radical (unpaired) electrons. The van der Waals surface area contributed by atoms with Crippen molar-refractivity contribution in [1.29, 1.82) is 0 Å². The van der Waals surface area contributed by atoms with Gasteiger partial charge in [0.1, 0.15) is 0 Å². The van der Waals surface area contributed by atoms with Crippen molar-refractivity contribution in [2.75, 3.05) is 0 Å². The molecule has 0 aromatic carbocycles. The Bertz CT molecular complexity index is 374. The fourth-order valence-electron chi connectivity index (χ4n) is 2.09. The maximum atomic E-state index is 3.71. The molecule has 1 aliphatic rings. The van der Waals surface area contributed by atoms with Gasteiger partial charge in [-0.1, -0.05) is 6.08 Å². The van der Waals surface area contributed by atoms with Crippen LogP contribution in [0.1, 0.15) is 41.0 Å². The van der Waals surface area contributed by atoms with Gasteiger partial charge in [0.25, 0.3) is 0 Å². The molecule has 76 valence electrons.